The predicted molar refractivity (Wildman–Crippen MR) is 101 cm³/mol. The molecule has 0 aromatic carbocycles. The van der Waals surface area contributed by atoms with Gasteiger partial charge in [-0.2, -0.15) is 0 Å². The first-order chi connectivity index (χ1) is 13.5. The van der Waals surface area contributed by atoms with Crippen molar-refractivity contribution in [2.75, 3.05) is 33.2 Å². The van der Waals surface area contributed by atoms with Gasteiger partial charge in [0.1, 0.15) is 11.4 Å². The highest BCUT2D eigenvalue weighted by atomic mass is 16.6. The topological polar surface area (TPSA) is 103 Å². The Morgan fingerprint density at radius 3 is 2.57 bits per heavy atom. The summed E-state index contributed by atoms with van der Waals surface area (Å²) < 4.78 is 0. The van der Waals surface area contributed by atoms with Gasteiger partial charge < -0.3 is 19.7 Å². The van der Waals surface area contributed by atoms with Gasteiger partial charge in [0.15, 0.2) is 0 Å². The molecule has 1 aliphatic carbocycles. The molecule has 1 N–H and O–H groups in total. The number of rotatable bonds is 3. The maximum Gasteiger partial charge on any atom is 0.352 e. The fourth-order valence-corrected chi connectivity index (χ4v) is 4.84. The number of aromatic amines is 1. The number of nitrogens with zero attached hydrogens (tertiary/aromatic N) is 4. The number of H-pyrrole nitrogens is 1. The van der Waals surface area contributed by atoms with Gasteiger partial charge in [-0.1, -0.05) is 12.8 Å². The van der Waals surface area contributed by atoms with E-state index in [-0.39, 0.29) is 23.6 Å². The summed E-state index contributed by atoms with van der Waals surface area (Å²) >= 11 is 0. The molecule has 150 valence electrons. The number of aromatic nitrogens is 1. The van der Waals surface area contributed by atoms with E-state index in [0.29, 0.717) is 37.6 Å². The Balaban J connectivity index is 1.58. The zero-order chi connectivity index (χ0) is 19.8. The largest absolute Gasteiger partial charge is 0.365 e. The molecule has 3 heterocycles. The summed E-state index contributed by atoms with van der Waals surface area (Å²) in [6.45, 7) is 1.96. The number of hydrogen-bond donors (Lipinski definition) is 1. The molecule has 3 aliphatic rings. The number of piperazine rings is 1. The van der Waals surface area contributed by atoms with Crippen LogP contribution in [0.1, 0.15) is 36.2 Å². The number of fused-ring (bicyclic) bond motifs is 1. The summed E-state index contributed by atoms with van der Waals surface area (Å²) in [4.78, 5) is 44.7. The number of carbonyl (C=O) groups excluding carboxylic acids is 2. The van der Waals surface area contributed by atoms with Crippen molar-refractivity contribution in [1.29, 1.82) is 0 Å². The summed E-state index contributed by atoms with van der Waals surface area (Å²) in [5, 5.41) is 11.8. The van der Waals surface area contributed by atoms with Crippen molar-refractivity contribution in [2.24, 2.45) is 5.92 Å². The van der Waals surface area contributed by atoms with E-state index in [0.717, 1.165) is 25.7 Å². The van der Waals surface area contributed by atoms with E-state index in [1.54, 1.807) is 35.2 Å². The number of likely N-dealkylation sites (N-methyl/N-ethyl adjacent to an activating group) is 1. The van der Waals surface area contributed by atoms with Gasteiger partial charge >= 0.3 is 11.6 Å². The predicted octanol–water partition coefficient (Wildman–Crippen LogP) is 1.29. The standard InChI is InChI=1S/C19H25N5O4/c1-21-15-7-3-2-5-13(15)16(17(19(21)26)24(27)28)22-9-11-23(12-10-22)18(25)14-6-4-8-20-14/h4,6,8,13,15,20H,2-3,5,7,9-12H2,1H3. The smallest absolute Gasteiger partial charge is 0.352 e. The van der Waals surface area contributed by atoms with Crippen LogP contribution in [0, 0.1) is 16.0 Å². The van der Waals surface area contributed by atoms with Crippen molar-refractivity contribution in [3.05, 3.63) is 45.5 Å². The SMILES string of the molecule is CN1C(=O)C([N+](=O)[O-])=C(N2CCN(C(=O)c3ccc[nH]3)CC2)C2CCCCC21. The van der Waals surface area contributed by atoms with Crippen LogP contribution < -0.4 is 0 Å². The molecule has 0 spiro atoms. The van der Waals surface area contributed by atoms with E-state index < -0.39 is 10.8 Å². The molecule has 2 fully saturated rings. The number of nitrogens with one attached hydrogen (secondary N) is 1. The zero-order valence-electron chi connectivity index (χ0n) is 16.0. The second-order valence-electron chi connectivity index (χ2n) is 7.73. The van der Waals surface area contributed by atoms with Gasteiger partial charge in [0.05, 0.1) is 4.92 Å². The number of hydrogen-bond acceptors (Lipinski definition) is 5. The second-order valence-corrected chi connectivity index (χ2v) is 7.73. The fourth-order valence-electron chi connectivity index (χ4n) is 4.84. The van der Waals surface area contributed by atoms with Crippen molar-refractivity contribution in [2.45, 2.75) is 31.7 Å². The van der Waals surface area contributed by atoms with Gasteiger partial charge in [0.25, 0.3) is 5.91 Å². The van der Waals surface area contributed by atoms with Gasteiger partial charge in [-0.15, -0.1) is 0 Å². The van der Waals surface area contributed by atoms with Crippen LogP contribution >= 0.6 is 0 Å². The molecule has 2 atom stereocenters. The van der Waals surface area contributed by atoms with Gasteiger partial charge in [-0.3, -0.25) is 19.7 Å². The Labute approximate surface area is 163 Å². The lowest BCUT2D eigenvalue weighted by atomic mass is 9.78. The van der Waals surface area contributed by atoms with Crippen LogP contribution in [0.5, 0.6) is 0 Å². The normalized spacial score (nSPS) is 25.8. The third-order valence-electron chi connectivity index (χ3n) is 6.26. The minimum atomic E-state index is -0.518. The molecule has 0 radical (unpaired) electrons. The van der Waals surface area contributed by atoms with Gasteiger partial charge in [0.2, 0.25) is 0 Å². The highest BCUT2D eigenvalue weighted by Gasteiger charge is 2.48. The molecule has 2 aliphatic heterocycles. The van der Waals surface area contributed by atoms with Crippen molar-refractivity contribution >= 4 is 11.8 Å². The first-order valence-corrected chi connectivity index (χ1v) is 9.82. The highest BCUT2D eigenvalue weighted by Crippen LogP contribution is 2.40. The van der Waals surface area contributed by atoms with E-state index in [2.05, 4.69) is 4.98 Å². The molecular formula is C19H25N5O4. The molecule has 1 aromatic heterocycles. The minimum Gasteiger partial charge on any atom is -0.365 e. The fraction of sp³-hybridized carbons (Fsp3) is 0.579. The molecule has 2 unspecified atom stereocenters. The van der Waals surface area contributed by atoms with E-state index in [9.17, 15) is 19.7 Å². The van der Waals surface area contributed by atoms with E-state index >= 15 is 0 Å². The van der Waals surface area contributed by atoms with E-state index in [4.69, 9.17) is 0 Å². The molecule has 1 saturated carbocycles. The Bertz CT molecular complexity index is 810. The molecular weight excluding hydrogens is 362 g/mol. The molecule has 1 saturated heterocycles. The van der Waals surface area contributed by atoms with Crippen molar-refractivity contribution < 1.29 is 14.5 Å². The molecule has 0 bridgehead atoms. The van der Waals surface area contributed by atoms with Crippen LogP contribution in [-0.2, 0) is 4.79 Å². The van der Waals surface area contributed by atoms with Crippen molar-refractivity contribution in [3.63, 3.8) is 0 Å². The summed E-state index contributed by atoms with van der Waals surface area (Å²) in [6.07, 6.45) is 5.51. The summed E-state index contributed by atoms with van der Waals surface area (Å²) in [6, 6.07) is 3.55. The molecule has 2 amide bonds. The minimum absolute atomic E-state index is 0.00232. The molecule has 9 heteroatoms. The highest BCUT2D eigenvalue weighted by molar-refractivity contribution is 5.93. The van der Waals surface area contributed by atoms with Crippen LogP contribution in [0.4, 0.5) is 0 Å². The van der Waals surface area contributed by atoms with Gasteiger partial charge in [-0.05, 0) is 25.0 Å². The first kappa shape index (κ1) is 18.5. The number of nitro groups is 1. The van der Waals surface area contributed by atoms with Crippen molar-refractivity contribution in [1.82, 2.24) is 19.7 Å². The van der Waals surface area contributed by atoms with Crippen molar-refractivity contribution in [3.8, 4) is 0 Å². The van der Waals surface area contributed by atoms with Crippen LogP contribution in [0.2, 0.25) is 0 Å². The number of carbonyl (C=O) groups is 2. The lowest BCUT2D eigenvalue weighted by Crippen LogP contribution is -2.56. The van der Waals surface area contributed by atoms with Gasteiger partial charge in [-0.25, -0.2) is 0 Å². The number of amides is 2. The Morgan fingerprint density at radius 1 is 1.21 bits per heavy atom. The molecule has 1 aromatic rings. The average molecular weight is 387 g/mol. The van der Waals surface area contributed by atoms with Crippen LogP contribution in [0.3, 0.4) is 0 Å². The van der Waals surface area contributed by atoms with E-state index in [1.165, 1.54) is 0 Å². The Morgan fingerprint density at radius 2 is 1.93 bits per heavy atom. The van der Waals surface area contributed by atoms with Crippen LogP contribution in [0.15, 0.2) is 29.7 Å². The Kier molecular flexibility index (Phi) is 4.82. The third-order valence-corrected chi connectivity index (χ3v) is 6.26. The Hall–Kier alpha value is -2.84. The van der Waals surface area contributed by atoms with Crippen LogP contribution in [0.25, 0.3) is 0 Å². The van der Waals surface area contributed by atoms with Crippen LogP contribution in [-0.4, -0.2) is 75.7 Å². The molecule has 28 heavy (non-hydrogen) atoms. The second kappa shape index (κ2) is 7.29. The maximum atomic E-state index is 12.7. The summed E-state index contributed by atoms with van der Waals surface area (Å²) in [5.41, 5.74) is 0.847. The molecule has 9 nitrogen and oxygen atoms in total. The summed E-state index contributed by atoms with van der Waals surface area (Å²) in [7, 11) is 1.68. The summed E-state index contributed by atoms with van der Waals surface area (Å²) in [5.74, 6) is -0.557. The monoisotopic (exact) mass is 387 g/mol. The lowest BCUT2D eigenvalue weighted by Gasteiger charge is -2.46. The lowest BCUT2D eigenvalue weighted by molar-refractivity contribution is -0.424. The van der Waals surface area contributed by atoms with E-state index in [1.807, 2.05) is 4.90 Å². The van der Waals surface area contributed by atoms with Gasteiger partial charge in [0, 0.05) is 51.4 Å². The quantitative estimate of drug-likeness (QED) is 0.622. The third kappa shape index (κ3) is 3.04. The molecule has 4 rings (SSSR count). The first-order valence-electron chi connectivity index (χ1n) is 9.82. The average Bonchev–Trinajstić information content (AvgIpc) is 3.25. The maximum absolute atomic E-state index is 12.7. The zero-order valence-corrected chi connectivity index (χ0v) is 16.0.